The molecule has 0 spiro atoms. The minimum atomic E-state index is -0.441. The zero-order valence-corrected chi connectivity index (χ0v) is 15.5. The van der Waals surface area contributed by atoms with E-state index in [4.69, 9.17) is 9.47 Å². The van der Waals surface area contributed by atoms with Crippen molar-refractivity contribution in [3.05, 3.63) is 75.4 Å². The van der Waals surface area contributed by atoms with Gasteiger partial charge in [0.05, 0.1) is 36.4 Å². The average Bonchev–Trinajstić information content (AvgIpc) is 3.21. The third-order valence-corrected chi connectivity index (χ3v) is 5.56. The van der Waals surface area contributed by atoms with Gasteiger partial charge in [-0.25, -0.2) is 4.79 Å². The summed E-state index contributed by atoms with van der Waals surface area (Å²) in [6.07, 6.45) is 5.13. The number of fused-ring (bicyclic) bond motifs is 3. The maximum absolute atomic E-state index is 12.3. The number of nitro groups is 1. The topological polar surface area (TPSA) is 90.7 Å². The highest BCUT2D eigenvalue weighted by Gasteiger charge is 2.40. The number of nitrogens with one attached hydrogen (secondary N) is 1. The van der Waals surface area contributed by atoms with Crippen molar-refractivity contribution in [1.82, 2.24) is 0 Å². The number of allylic oxidation sites excluding steroid dienone is 2. The zero-order chi connectivity index (χ0) is 19.8. The van der Waals surface area contributed by atoms with Gasteiger partial charge in [-0.1, -0.05) is 30.4 Å². The third kappa shape index (κ3) is 2.79. The van der Waals surface area contributed by atoms with Crippen molar-refractivity contribution in [2.75, 3.05) is 19.5 Å². The van der Waals surface area contributed by atoms with Crippen molar-refractivity contribution in [3.63, 3.8) is 0 Å². The van der Waals surface area contributed by atoms with E-state index in [0.29, 0.717) is 5.56 Å². The molecule has 28 heavy (non-hydrogen) atoms. The summed E-state index contributed by atoms with van der Waals surface area (Å²) in [7, 11) is 2.77. The van der Waals surface area contributed by atoms with E-state index in [2.05, 4.69) is 17.5 Å². The second-order valence-corrected chi connectivity index (χ2v) is 6.93. The van der Waals surface area contributed by atoms with Crippen molar-refractivity contribution in [1.29, 1.82) is 0 Å². The quantitative estimate of drug-likeness (QED) is 0.370. The molecule has 0 bridgehead atoms. The van der Waals surface area contributed by atoms with Crippen molar-refractivity contribution >= 4 is 17.3 Å². The maximum atomic E-state index is 12.3. The van der Waals surface area contributed by atoms with Crippen LogP contribution in [0.4, 0.5) is 11.4 Å². The first-order valence-electron chi connectivity index (χ1n) is 9.02. The van der Waals surface area contributed by atoms with Crippen LogP contribution in [0, 0.1) is 16.0 Å². The Hall–Kier alpha value is -3.35. The molecule has 1 N–H and O–H groups in total. The third-order valence-electron chi connectivity index (χ3n) is 5.56. The van der Waals surface area contributed by atoms with Crippen molar-refractivity contribution in [2.24, 2.45) is 5.92 Å². The second-order valence-electron chi connectivity index (χ2n) is 6.93. The molecule has 144 valence electrons. The average molecular weight is 380 g/mol. The summed E-state index contributed by atoms with van der Waals surface area (Å²) in [6, 6.07) is 10.4. The molecule has 7 heteroatoms. The maximum Gasteiger partial charge on any atom is 0.339 e. The van der Waals surface area contributed by atoms with Crippen LogP contribution in [0.1, 0.15) is 39.9 Å². The van der Waals surface area contributed by atoms with E-state index in [1.807, 2.05) is 18.2 Å². The second kappa shape index (κ2) is 6.99. The highest BCUT2D eigenvalue weighted by Crippen LogP contribution is 2.51. The Morgan fingerprint density at radius 2 is 2.07 bits per heavy atom. The van der Waals surface area contributed by atoms with Gasteiger partial charge in [0.25, 0.3) is 0 Å². The molecule has 3 atom stereocenters. The van der Waals surface area contributed by atoms with E-state index in [0.717, 1.165) is 23.2 Å². The normalized spacial score (nSPS) is 22.0. The van der Waals surface area contributed by atoms with E-state index in [9.17, 15) is 14.9 Å². The number of nitro benzene ring substituents is 1. The van der Waals surface area contributed by atoms with Gasteiger partial charge >= 0.3 is 11.7 Å². The van der Waals surface area contributed by atoms with Gasteiger partial charge in [0.2, 0.25) is 0 Å². The molecule has 1 aliphatic heterocycles. The molecule has 0 saturated heterocycles. The SMILES string of the molecule is COC(=O)c1cccc2c1N[C@@H](c1ccc(OC)c([N+](=O)[O-])c1)[C@H]1CC=C[C@@H]21. The summed E-state index contributed by atoms with van der Waals surface area (Å²) in [5.41, 5.74) is 2.95. The molecule has 0 saturated carbocycles. The molecule has 0 aromatic heterocycles. The number of carbonyl (C=O) groups is 1. The summed E-state index contributed by atoms with van der Waals surface area (Å²) < 4.78 is 10.1. The monoisotopic (exact) mass is 380 g/mol. The molecule has 0 unspecified atom stereocenters. The fourth-order valence-electron chi connectivity index (χ4n) is 4.27. The Labute approximate surface area is 162 Å². The van der Waals surface area contributed by atoms with Crippen LogP contribution < -0.4 is 10.1 Å². The number of methoxy groups -OCH3 is 2. The molecule has 2 aromatic rings. The van der Waals surface area contributed by atoms with Gasteiger partial charge < -0.3 is 14.8 Å². The minimum Gasteiger partial charge on any atom is -0.490 e. The number of anilines is 1. The fourth-order valence-corrected chi connectivity index (χ4v) is 4.27. The number of para-hydroxylation sites is 1. The first kappa shape index (κ1) is 18.0. The number of rotatable bonds is 4. The van der Waals surface area contributed by atoms with E-state index >= 15 is 0 Å². The first-order chi connectivity index (χ1) is 13.5. The van der Waals surface area contributed by atoms with Crippen LogP contribution >= 0.6 is 0 Å². The van der Waals surface area contributed by atoms with Crippen molar-refractivity contribution in [3.8, 4) is 5.75 Å². The highest BCUT2D eigenvalue weighted by molar-refractivity contribution is 5.97. The van der Waals surface area contributed by atoms with Gasteiger partial charge in [-0.2, -0.15) is 0 Å². The number of nitrogens with zero attached hydrogens (tertiary/aromatic N) is 1. The molecule has 0 amide bonds. The summed E-state index contributed by atoms with van der Waals surface area (Å²) in [6.45, 7) is 0. The lowest BCUT2D eigenvalue weighted by Crippen LogP contribution is -2.30. The summed E-state index contributed by atoms with van der Waals surface area (Å²) in [4.78, 5) is 23.3. The van der Waals surface area contributed by atoms with Crippen LogP contribution in [0.5, 0.6) is 5.75 Å². The summed E-state index contributed by atoms with van der Waals surface area (Å²) in [5.74, 6) is 0.144. The van der Waals surface area contributed by atoms with E-state index < -0.39 is 10.9 Å². The predicted molar refractivity (Wildman–Crippen MR) is 104 cm³/mol. The molecular formula is C21H20N2O5. The Kier molecular flexibility index (Phi) is 4.50. The molecule has 4 rings (SSSR count). The largest absolute Gasteiger partial charge is 0.490 e. The standard InChI is InChI=1S/C21H20N2O5/c1-27-18-10-9-12(11-17(18)23(25)26)19-14-6-3-5-13(14)15-7-4-8-16(20(15)22-19)21(24)28-2/h3-5,7-11,13-14,19,22H,6H2,1-2H3/t13-,14+,19+/m1/s1. The van der Waals surface area contributed by atoms with Crippen LogP contribution in [0.3, 0.4) is 0 Å². The number of hydrogen-bond acceptors (Lipinski definition) is 6. The van der Waals surface area contributed by atoms with Crippen LogP contribution in [-0.4, -0.2) is 25.1 Å². The number of carbonyl (C=O) groups excluding carboxylic acids is 1. The van der Waals surface area contributed by atoms with Crippen LogP contribution in [0.25, 0.3) is 0 Å². The predicted octanol–water partition coefficient (Wildman–Crippen LogP) is 4.22. The van der Waals surface area contributed by atoms with Gasteiger partial charge in [0.1, 0.15) is 0 Å². The van der Waals surface area contributed by atoms with Crippen LogP contribution in [-0.2, 0) is 4.74 Å². The lowest BCUT2D eigenvalue weighted by molar-refractivity contribution is -0.385. The Balaban J connectivity index is 1.82. The van der Waals surface area contributed by atoms with Crippen molar-refractivity contribution in [2.45, 2.75) is 18.4 Å². The molecule has 1 aliphatic carbocycles. The molecular weight excluding hydrogens is 360 g/mol. The summed E-state index contributed by atoms with van der Waals surface area (Å²) in [5, 5.41) is 14.9. The number of ether oxygens (including phenoxy) is 2. The Morgan fingerprint density at radius 1 is 1.25 bits per heavy atom. The van der Waals surface area contributed by atoms with Gasteiger partial charge in [-0.05, 0) is 35.6 Å². The number of hydrogen-bond donors (Lipinski definition) is 1. The number of benzene rings is 2. The lowest BCUT2D eigenvalue weighted by atomic mass is 9.76. The van der Waals surface area contributed by atoms with Gasteiger partial charge in [-0.3, -0.25) is 10.1 Å². The molecule has 0 radical (unpaired) electrons. The van der Waals surface area contributed by atoms with E-state index in [1.165, 1.54) is 14.2 Å². The fraction of sp³-hybridized carbons (Fsp3) is 0.286. The molecule has 1 heterocycles. The van der Waals surface area contributed by atoms with E-state index in [-0.39, 0.29) is 29.3 Å². The van der Waals surface area contributed by atoms with Gasteiger partial charge in [0, 0.05) is 12.0 Å². The Bertz CT molecular complexity index is 985. The van der Waals surface area contributed by atoms with E-state index in [1.54, 1.807) is 18.2 Å². The van der Waals surface area contributed by atoms with Crippen molar-refractivity contribution < 1.29 is 19.2 Å². The minimum absolute atomic E-state index is 0.0728. The van der Waals surface area contributed by atoms with Gasteiger partial charge in [0.15, 0.2) is 5.75 Å². The molecule has 2 aromatic carbocycles. The molecule has 2 aliphatic rings. The zero-order valence-electron chi connectivity index (χ0n) is 15.5. The first-order valence-corrected chi connectivity index (χ1v) is 9.02. The summed E-state index contributed by atoms with van der Waals surface area (Å²) >= 11 is 0. The highest BCUT2D eigenvalue weighted by atomic mass is 16.6. The molecule has 0 fully saturated rings. The lowest BCUT2D eigenvalue weighted by Gasteiger charge is -2.38. The Morgan fingerprint density at radius 3 is 2.79 bits per heavy atom. The number of esters is 1. The van der Waals surface area contributed by atoms with Crippen LogP contribution in [0.2, 0.25) is 0 Å². The smallest absolute Gasteiger partial charge is 0.339 e. The molecule has 7 nitrogen and oxygen atoms in total. The van der Waals surface area contributed by atoms with Gasteiger partial charge in [-0.15, -0.1) is 0 Å². The van der Waals surface area contributed by atoms with Crippen LogP contribution in [0.15, 0.2) is 48.6 Å².